The Kier molecular flexibility index (Phi) is 5.52. The van der Waals surface area contributed by atoms with Crippen LogP contribution in [0.4, 0.5) is 23.5 Å². The second-order valence-corrected chi connectivity index (χ2v) is 10.7. The number of anilines is 1. The maximum absolute atomic E-state index is 14.1. The van der Waals surface area contributed by atoms with Crippen LogP contribution in [0.25, 0.3) is 10.9 Å². The van der Waals surface area contributed by atoms with Crippen LogP contribution in [0.15, 0.2) is 53.6 Å². The molecule has 0 radical (unpaired) electrons. The van der Waals surface area contributed by atoms with Crippen molar-refractivity contribution in [1.29, 1.82) is 0 Å². The first kappa shape index (κ1) is 23.6. The molecule has 0 saturated carbocycles. The van der Waals surface area contributed by atoms with Crippen molar-refractivity contribution in [2.45, 2.75) is 23.5 Å². The van der Waals surface area contributed by atoms with Crippen LogP contribution in [0, 0.1) is 5.82 Å². The molecule has 1 aliphatic rings. The molecule has 5 rings (SSSR count). The van der Waals surface area contributed by atoms with E-state index in [1.807, 2.05) is 0 Å². The van der Waals surface area contributed by atoms with Gasteiger partial charge in [-0.2, -0.15) is 13.2 Å². The van der Waals surface area contributed by atoms with E-state index < -0.39 is 33.6 Å². The summed E-state index contributed by atoms with van der Waals surface area (Å²) in [7, 11) is -3.46. The smallest absolute Gasteiger partial charge is 0.356 e. The van der Waals surface area contributed by atoms with E-state index in [-0.39, 0.29) is 22.4 Å². The van der Waals surface area contributed by atoms with E-state index in [0.717, 1.165) is 24.1 Å². The fraction of sp³-hybridized carbons (Fsp3) is 0.217. The highest BCUT2D eigenvalue weighted by Crippen LogP contribution is 2.41. The first-order valence-corrected chi connectivity index (χ1v) is 12.7. The van der Waals surface area contributed by atoms with Crippen LogP contribution in [0.1, 0.15) is 28.6 Å². The zero-order chi connectivity index (χ0) is 25.1. The third-order valence-electron chi connectivity index (χ3n) is 5.98. The summed E-state index contributed by atoms with van der Waals surface area (Å²) >= 11 is 6.00. The van der Waals surface area contributed by atoms with Crippen LogP contribution in [0.3, 0.4) is 0 Å². The summed E-state index contributed by atoms with van der Waals surface area (Å²) in [5, 5.41) is 0.658. The number of rotatable bonds is 3. The molecule has 0 amide bonds. The standard InChI is InChI=1S/C23H17ClF4N4O2S/c1-35(33,34)13-4-2-12(3-5-13)21-20-14(15-10-16(24)17(25)11-18(15)30-20)7-9-32(21)22-29-8-6-19(31-22)23(26,27)28/h2-6,8,10-11,21,30H,7,9H2,1H3. The van der Waals surface area contributed by atoms with Crippen LogP contribution < -0.4 is 4.90 Å². The normalized spacial score (nSPS) is 16.5. The van der Waals surface area contributed by atoms with E-state index in [1.54, 1.807) is 17.0 Å². The van der Waals surface area contributed by atoms with Gasteiger partial charge in [0.25, 0.3) is 0 Å². The number of sulfone groups is 1. The van der Waals surface area contributed by atoms with E-state index in [1.165, 1.54) is 24.3 Å². The molecule has 1 unspecified atom stereocenters. The molecule has 6 nitrogen and oxygen atoms in total. The molecule has 182 valence electrons. The molecular weight excluding hydrogens is 508 g/mol. The molecule has 1 atom stereocenters. The Labute approximate surface area is 202 Å². The van der Waals surface area contributed by atoms with Gasteiger partial charge >= 0.3 is 6.18 Å². The fourth-order valence-corrected chi connectivity index (χ4v) is 5.18. The van der Waals surface area contributed by atoms with Gasteiger partial charge in [-0.25, -0.2) is 22.8 Å². The number of nitrogens with zero attached hydrogens (tertiary/aromatic N) is 3. The van der Waals surface area contributed by atoms with Gasteiger partial charge in [-0.1, -0.05) is 23.7 Å². The van der Waals surface area contributed by atoms with E-state index in [2.05, 4.69) is 15.0 Å². The molecule has 0 bridgehead atoms. The van der Waals surface area contributed by atoms with E-state index in [9.17, 15) is 26.0 Å². The zero-order valence-electron chi connectivity index (χ0n) is 18.1. The average molecular weight is 525 g/mol. The van der Waals surface area contributed by atoms with Crippen molar-refractivity contribution in [1.82, 2.24) is 15.0 Å². The van der Waals surface area contributed by atoms with Gasteiger partial charge in [0.2, 0.25) is 5.95 Å². The second kappa shape index (κ2) is 8.20. The number of alkyl halides is 3. The molecule has 2 aromatic heterocycles. The number of aromatic amines is 1. The first-order valence-electron chi connectivity index (χ1n) is 10.4. The summed E-state index contributed by atoms with van der Waals surface area (Å²) in [6.45, 7) is 0.259. The third-order valence-corrected chi connectivity index (χ3v) is 7.40. The van der Waals surface area contributed by atoms with Gasteiger partial charge < -0.3 is 9.88 Å². The summed E-state index contributed by atoms with van der Waals surface area (Å²) in [5.41, 5.74) is 1.45. The molecule has 1 N–H and O–H groups in total. The lowest BCUT2D eigenvalue weighted by Gasteiger charge is -2.36. The lowest BCUT2D eigenvalue weighted by molar-refractivity contribution is -0.141. The average Bonchev–Trinajstić information content (AvgIpc) is 3.15. The van der Waals surface area contributed by atoms with Gasteiger partial charge in [0, 0.05) is 35.6 Å². The predicted molar refractivity (Wildman–Crippen MR) is 123 cm³/mol. The largest absolute Gasteiger partial charge is 0.433 e. The summed E-state index contributed by atoms with van der Waals surface area (Å²) in [6, 6.07) is 8.94. The molecule has 0 spiro atoms. The Morgan fingerprint density at radius 2 is 1.86 bits per heavy atom. The van der Waals surface area contributed by atoms with Crippen molar-refractivity contribution in [2.24, 2.45) is 0 Å². The maximum atomic E-state index is 14.1. The number of halogens is 5. The minimum absolute atomic E-state index is 0.0444. The van der Waals surface area contributed by atoms with E-state index in [4.69, 9.17) is 11.6 Å². The van der Waals surface area contributed by atoms with Crippen LogP contribution >= 0.6 is 11.6 Å². The second-order valence-electron chi connectivity index (χ2n) is 8.26. The Balaban J connectivity index is 1.70. The molecule has 0 aliphatic carbocycles. The maximum Gasteiger partial charge on any atom is 0.433 e. The summed E-state index contributed by atoms with van der Waals surface area (Å²) in [4.78, 5) is 12.7. The highest BCUT2D eigenvalue weighted by molar-refractivity contribution is 7.90. The van der Waals surface area contributed by atoms with E-state index in [0.29, 0.717) is 28.6 Å². The molecule has 0 saturated heterocycles. The van der Waals surface area contributed by atoms with Crippen LogP contribution in [-0.2, 0) is 22.4 Å². The highest BCUT2D eigenvalue weighted by atomic mass is 35.5. The number of benzene rings is 2. The number of hydrogen-bond donors (Lipinski definition) is 1. The van der Waals surface area contributed by atoms with Crippen LogP contribution in [0.5, 0.6) is 0 Å². The lowest BCUT2D eigenvalue weighted by atomic mass is 9.92. The monoisotopic (exact) mass is 524 g/mol. The predicted octanol–water partition coefficient (Wildman–Crippen LogP) is 5.32. The van der Waals surface area contributed by atoms with Gasteiger partial charge in [-0.05, 0) is 47.9 Å². The van der Waals surface area contributed by atoms with Crippen molar-refractivity contribution < 1.29 is 26.0 Å². The SMILES string of the molecule is CS(=O)(=O)c1ccc(C2c3[nH]c4cc(F)c(Cl)cc4c3CCN2c2nccc(C(F)(F)F)n2)cc1. The third kappa shape index (κ3) is 4.23. The summed E-state index contributed by atoms with van der Waals surface area (Å²) in [5.74, 6) is -0.740. The number of fused-ring (bicyclic) bond motifs is 3. The first-order chi connectivity index (χ1) is 16.4. The fourth-order valence-electron chi connectivity index (χ4n) is 4.39. The minimum Gasteiger partial charge on any atom is -0.356 e. The topological polar surface area (TPSA) is 79.0 Å². The van der Waals surface area contributed by atoms with Gasteiger partial charge in [0.15, 0.2) is 9.84 Å². The Hall–Kier alpha value is -3.18. The van der Waals surface area contributed by atoms with Crippen LogP contribution in [-0.4, -0.2) is 36.2 Å². The van der Waals surface area contributed by atoms with Crippen molar-refractivity contribution in [3.05, 3.63) is 82.0 Å². The molecule has 0 fully saturated rings. The molecule has 3 heterocycles. The molecule has 2 aromatic carbocycles. The lowest BCUT2D eigenvalue weighted by Crippen LogP contribution is -2.37. The van der Waals surface area contributed by atoms with Crippen LogP contribution in [0.2, 0.25) is 5.02 Å². The highest BCUT2D eigenvalue weighted by Gasteiger charge is 2.37. The number of nitrogens with one attached hydrogen (secondary N) is 1. The number of aromatic nitrogens is 3. The molecule has 12 heteroatoms. The number of hydrogen-bond acceptors (Lipinski definition) is 5. The summed E-state index contributed by atoms with van der Waals surface area (Å²) in [6.07, 6.45) is -2.11. The van der Waals surface area contributed by atoms with Gasteiger partial charge in [0.1, 0.15) is 11.5 Å². The Morgan fingerprint density at radius 3 is 2.51 bits per heavy atom. The van der Waals surface area contributed by atoms with Gasteiger partial charge in [-0.15, -0.1) is 0 Å². The van der Waals surface area contributed by atoms with E-state index >= 15 is 0 Å². The van der Waals surface area contributed by atoms with Crippen molar-refractivity contribution >= 4 is 38.3 Å². The quantitative estimate of drug-likeness (QED) is 0.367. The Morgan fingerprint density at radius 1 is 1.14 bits per heavy atom. The minimum atomic E-state index is -4.65. The van der Waals surface area contributed by atoms with Gasteiger partial charge in [0.05, 0.1) is 16.0 Å². The zero-order valence-corrected chi connectivity index (χ0v) is 19.6. The van der Waals surface area contributed by atoms with Crippen molar-refractivity contribution in [2.75, 3.05) is 17.7 Å². The van der Waals surface area contributed by atoms with Crippen molar-refractivity contribution in [3.8, 4) is 0 Å². The van der Waals surface area contributed by atoms with Crippen molar-refractivity contribution in [3.63, 3.8) is 0 Å². The molecular formula is C23H17ClF4N4O2S. The number of H-pyrrole nitrogens is 1. The molecule has 1 aliphatic heterocycles. The molecule has 35 heavy (non-hydrogen) atoms. The molecule has 4 aromatic rings. The van der Waals surface area contributed by atoms with Gasteiger partial charge in [-0.3, -0.25) is 0 Å². The summed E-state index contributed by atoms with van der Waals surface area (Å²) < 4.78 is 78.0. The Bertz CT molecular complexity index is 1550.